The van der Waals surface area contributed by atoms with Crippen molar-refractivity contribution in [2.45, 2.75) is 52.0 Å². The Labute approximate surface area is 123 Å². The molecular formula is C15H23BrN2O. The Morgan fingerprint density at radius 1 is 1.47 bits per heavy atom. The lowest BCUT2D eigenvalue weighted by Crippen LogP contribution is -2.27. The van der Waals surface area contributed by atoms with Crippen LogP contribution in [0.4, 0.5) is 0 Å². The van der Waals surface area contributed by atoms with Gasteiger partial charge in [0.15, 0.2) is 0 Å². The number of carbonyl (C=O) groups is 1. The van der Waals surface area contributed by atoms with Crippen LogP contribution in [0.3, 0.4) is 0 Å². The first-order valence-corrected chi connectivity index (χ1v) is 8.14. The topological polar surface area (TPSA) is 34.0 Å². The van der Waals surface area contributed by atoms with E-state index in [1.54, 1.807) is 0 Å². The molecular weight excluding hydrogens is 304 g/mol. The number of carbonyl (C=O) groups excluding carboxylic acids is 1. The molecule has 0 saturated heterocycles. The summed E-state index contributed by atoms with van der Waals surface area (Å²) in [5.41, 5.74) is 0.764. The third-order valence-corrected chi connectivity index (χ3v) is 4.31. The molecule has 0 bridgehead atoms. The number of hydrogen-bond donors (Lipinski definition) is 1. The largest absolute Gasteiger partial charge is 0.351 e. The summed E-state index contributed by atoms with van der Waals surface area (Å²) in [7, 11) is 0. The molecule has 1 aromatic rings. The predicted octanol–water partition coefficient (Wildman–Crippen LogP) is 3.97. The minimum atomic E-state index is 0.0529. The van der Waals surface area contributed by atoms with Crippen molar-refractivity contribution in [3.63, 3.8) is 0 Å². The summed E-state index contributed by atoms with van der Waals surface area (Å²) in [5, 5.41) is 3.06. The van der Waals surface area contributed by atoms with Gasteiger partial charge in [-0.05, 0) is 40.8 Å². The molecule has 4 heteroatoms. The van der Waals surface area contributed by atoms with Gasteiger partial charge in [0.1, 0.15) is 5.69 Å². The lowest BCUT2D eigenvalue weighted by atomic mass is 10.0. The van der Waals surface area contributed by atoms with Crippen molar-refractivity contribution in [1.82, 2.24) is 9.88 Å². The lowest BCUT2D eigenvalue weighted by molar-refractivity contribution is 0.0942. The van der Waals surface area contributed by atoms with Gasteiger partial charge >= 0.3 is 0 Å². The van der Waals surface area contributed by atoms with Crippen LogP contribution in [0.1, 0.15) is 55.9 Å². The van der Waals surface area contributed by atoms with Crippen LogP contribution in [0, 0.1) is 5.92 Å². The summed E-state index contributed by atoms with van der Waals surface area (Å²) >= 11 is 3.44. The zero-order valence-electron chi connectivity index (χ0n) is 11.6. The zero-order chi connectivity index (χ0) is 13.7. The Balaban J connectivity index is 1.84. The van der Waals surface area contributed by atoms with Crippen LogP contribution in [0.25, 0.3) is 0 Å². The first-order valence-electron chi connectivity index (χ1n) is 7.34. The Hall–Kier alpha value is -0.770. The van der Waals surface area contributed by atoms with E-state index >= 15 is 0 Å². The number of halogens is 1. The standard InChI is InChI=1S/C15H23BrN2O/c1-2-9-18-11-13(16)10-14(18)15(19)17-8-7-12-5-3-4-6-12/h10-12H,2-9H2,1H3,(H,17,19). The maximum atomic E-state index is 12.2. The fourth-order valence-corrected chi connectivity index (χ4v) is 3.33. The summed E-state index contributed by atoms with van der Waals surface area (Å²) in [6.07, 6.45) is 9.55. The van der Waals surface area contributed by atoms with Crippen LogP contribution < -0.4 is 5.32 Å². The summed E-state index contributed by atoms with van der Waals surface area (Å²) in [5.74, 6) is 0.881. The van der Waals surface area contributed by atoms with E-state index in [9.17, 15) is 4.79 Å². The van der Waals surface area contributed by atoms with Crippen molar-refractivity contribution in [3.05, 3.63) is 22.4 Å². The first kappa shape index (κ1) is 14.6. The monoisotopic (exact) mass is 326 g/mol. The van der Waals surface area contributed by atoms with Gasteiger partial charge in [-0.25, -0.2) is 0 Å². The maximum Gasteiger partial charge on any atom is 0.267 e. The maximum absolute atomic E-state index is 12.2. The van der Waals surface area contributed by atoms with E-state index in [4.69, 9.17) is 0 Å². The summed E-state index contributed by atoms with van der Waals surface area (Å²) < 4.78 is 3.00. The molecule has 0 aromatic carbocycles. The molecule has 1 heterocycles. The molecule has 0 radical (unpaired) electrons. The second kappa shape index (κ2) is 7.13. The first-order chi connectivity index (χ1) is 9.20. The second-order valence-corrected chi connectivity index (χ2v) is 6.35. The van der Waals surface area contributed by atoms with Gasteiger partial charge in [0.05, 0.1) is 0 Å². The van der Waals surface area contributed by atoms with Gasteiger partial charge in [-0.1, -0.05) is 32.6 Å². The number of aryl methyl sites for hydroxylation is 1. The van der Waals surface area contributed by atoms with Crippen molar-refractivity contribution >= 4 is 21.8 Å². The average molecular weight is 327 g/mol. The number of nitrogens with one attached hydrogen (secondary N) is 1. The molecule has 1 amide bonds. The minimum Gasteiger partial charge on any atom is -0.351 e. The molecule has 1 fully saturated rings. The predicted molar refractivity (Wildman–Crippen MR) is 81.3 cm³/mol. The van der Waals surface area contributed by atoms with E-state index in [1.807, 2.05) is 16.8 Å². The van der Waals surface area contributed by atoms with Crippen LogP contribution in [0.2, 0.25) is 0 Å². The number of rotatable bonds is 6. The van der Waals surface area contributed by atoms with E-state index in [2.05, 4.69) is 28.2 Å². The van der Waals surface area contributed by atoms with Gasteiger partial charge in [-0.15, -0.1) is 0 Å². The zero-order valence-corrected chi connectivity index (χ0v) is 13.2. The number of amides is 1. The highest BCUT2D eigenvalue weighted by Crippen LogP contribution is 2.26. The Morgan fingerprint density at radius 2 is 2.21 bits per heavy atom. The molecule has 2 rings (SSSR count). The smallest absolute Gasteiger partial charge is 0.267 e. The SMILES string of the molecule is CCCn1cc(Br)cc1C(=O)NCCC1CCCC1. The van der Waals surface area contributed by atoms with Crippen molar-refractivity contribution in [2.75, 3.05) is 6.54 Å². The molecule has 1 aliphatic rings. The van der Waals surface area contributed by atoms with Gasteiger partial charge in [0.25, 0.3) is 5.91 Å². The van der Waals surface area contributed by atoms with E-state index in [-0.39, 0.29) is 5.91 Å². The second-order valence-electron chi connectivity index (χ2n) is 5.43. The molecule has 19 heavy (non-hydrogen) atoms. The van der Waals surface area contributed by atoms with Gasteiger partial charge in [0.2, 0.25) is 0 Å². The quantitative estimate of drug-likeness (QED) is 0.843. The summed E-state index contributed by atoms with van der Waals surface area (Å²) in [4.78, 5) is 12.2. The molecule has 106 valence electrons. The fourth-order valence-electron chi connectivity index (χ4n) is 2.87. The molecule has 3 nitrogen and oxygen atoms in total. The van der Waals surface area contributed by atoms with Crippen LogP contribution in [-0.2, 0) is 6.54 Å². The van der Waals surface area contributed by atoms with Crippen molar-refractivity contribution in [3.8, 4) is 0 Å². The minimum absolute atomic E-state index is 0.0529. The van der Waals surface area contributed by atoms with Gasteiger partial charge in [-0.2, -0.15) is 0 Å². The van der Waals surface area contributed by atoms with Crippen LogP contribution >= 0.6 is 15.9 Å². The molecule has 1 saturated carbocycles. The third kappa shape index (κ3) is 4.10. The van der Waals surface area contributed by atoms with Crippen molar-refractivity contribution in [2.24, 2.45) is 5.92 Å². The number of nitrogens with zero attached hydrogens (tertiary/aromatic N) is 1. The third-order valence-electron chi connectivity index (χ3n) is 3.87. The molecule has 1 aliphatic carbocycles. The lowest BCUT2D eigenvalue weighted by Gasteiger charge is -2.11. The fraction of sp³-hybridized carbons (Fsp3) is 0.667. The van der Waals surface area contributed by atoms with Gasteiger partial charge in [-0.3, -0.25) is 4.79 Å². The van der Waals surface area contributed by atoms with Crippen LogP contribution in [0.5, 0.6) is 0 Å². The summed E-state index contributed by atoms with van der Waals surface area (Å²) in [6.45, 7) is 3.81. The number of aromatic nitrogens is 1. The van der Waals surface area contributed by atoms with E-state index < -0.39 is 0 Å². The van der Waals surface area contributed by atoms with Gasteiger partial charge in [0, 0.05) is 23.8 Å². The van der Waals surface area contributed by atoms with E-state index in [1.165, 1.54) is 25.7 Å². The molecule has 1 aromatic heterocycles. The van der Waals surface area contributed by atoms with Crippen LogP contribution in [-0.4, -0.2) is 17.0 Å². The number of hydrogen-bond acceptors (Lipinski definition) is 1. The van der Waals surface area contributed by atoms with Crippen LogP contribution in [0.15, 0.2) is 16.7 Å². The molecule has 0 atom stereocenters. The highest BCUT2D eigenvalue weighted by atomic mass is 79.9. The Kier molecular flexibility index (Phi) is 5.49. The molecule has 0 aliphatic heterocycles. The highest BCUT2D eigenvalue weighted by Gasteiger charge is 2.16. The summed E-state index contributed by atoms with van der Waals surface area (Å²) in [6, 6.07) is 1.90. The average Bonchev–Trinajstić information content (AvgIpc) is 2.99. The molecule has 1 N–H and O–H groups in total. The Bertz CT molecular complexity index is 422. The molecule has 0 unspecified atom stereocenters. The van der Waals surface area contributed by atoms with Gasteiger partial charge < -0.3 is 9.88 Å². The van der Waals surface area contributed by atoms with Crippen molar-refractivity contribution in [1.29, 1.82) is 0 Å². The molecule has 0 spiro atoms. The van der Waals surface area contributed by atoms with E-state index in [0.717, 1.165) is 42.0 Å². The van der Waals surface area contributed by atoms with E-state index in [0.29, 0.717) is 0 Å². The Morgan fingerprint density at radius 3 is 2.89 bits per heavy atom. The highest BCUT2D eigenvalue weighted by molar-refractivity contribution is 9.10. The normalized spacial score (nSPS) is 15.9. The van der Waals surface area contributed by atoms with Crippen molar-refractivity contribution < 1.29 is 4.79 Å².